The Morgan fingerprint density at radius 1 is 1.12 bits per heavy atom. The molecule has 1 aliphatic rings. The third-order valence-electron chi connectivity index (χ3n) is 6.98. The van der Waals surface area contributed by atoms with E-state index in [2.05, 4.69) is 10.1 Å². The van der Waals surface area contributed by atoms with Gasteiger partial charge in [-0.2, -0.15) is 5.10 Å². The SMILES string of the molecule is CC(C)n1c(-c2cn(C(=O)OC(C)(C)C)c3ccccc23)nn2c(-c3cnn(C4CCCCO4)c3)cnc2c1=O. The van der Waals surface area contributed by atoms with E-state index in [1.54, 1.807) is 27.7 Å². The number of carbonyl (C=O) groups excluding carboxylic acids is 1. The largest absolute Gasteiger partial charge is 0.443 e. The van der Waals surface area contributed by atoms with Gasteiger partial charge in [-0.05, 0) is 59.9 Å². The van der Waals surface area contributed by atoms with Crippen molar-refractivity contribution in [3.63, 3.8) is 0 Å². The minimum Gasteiger partial charge on any atom is -0.443 e. The Bertz CT molecular complexity index is 1780. The minimum atomic E-state index is -0.668. The van der Waals surface area contributed by atoms with Gasteiger partial charge in [-0.3, -0.25) is 13.9 Å². The number of fused-ring (bicyclic) bond motifs is 2. The smallest absolute Gasteiger partial charge is 0.419 e. The van der Waals surface area contributed by atoms with Crippen molar-refractivity contribution in [3.8, 4) is 22.6 Å². The summed E-state index contributed by atoms with van der Waals surface area (Å²) in [6.45, 7) is 10.0. The molecule has 1 unspecified atom stereocenters. The lowest BCUT2D eigenvalue weighted by molar-refractivity contribution is -0.0394. The van der Waals surface area contributed by atoms with Crippen LogP contribution in [0.3, 0.4) is 0 Å². The Morgan fingerprint density at radius 3 is 2.65 bits per heavy atom. The molecule has 0 radical (unpaired) electrons. The highest BCUT2D eigenvalue weighted by atomic mass is 16.6. The Kier molecular flexibility index (Phi) is 6.33. The highest BCUT2D eigenvalue weighted by Gasteiger charge is 2.26. The zero-order chi connectivity index (χ0) is 28.2. The van der Waals surface area contributed by atoms with Gasteiger partial charge in [0.05, 0.1) is 23.6 Å². The first-order valence-corrected chi connectivity index (χ1v) is 13.6. The molecule has 1 fully saturated rings. The van der Waals surface area contributed by atoms with Crippen LogP contribution < -0.4 is 5.56 Å². The summed E-state index contributed by atoms with van der Waals surface area (Å²) < 4.78 is 18.0. The van der Waals surface area contributed by atoms with Gasteiger partial charge in [0, 0.05) is 41.6 Å². The molecule has 5 aromatic rings. The van der Waals surface area contributed by atoms with Crippen molar-refractivity contribution < 1.29 is 14.3 Å². The number of ether oxygens (including phenoxy) is 2. The third kappa shape index (κ3) is 4.49. The van der Waals surface area contributed by atoms with Crippen LogP contribution in [0.2, 0.25) is 0 Å². The first-order valence-electron chi connectivity index (χ1n) is 13.6. The molecule has 0 N–H and O–H groups in total. The topological polar surface area (TPSA) is 110 Å². The number of rotatable bonds is 4. The molecule has 0 spiro atoms. The van der Waals surface area contributed by atoms with Crippen LogP contribution in [0.15, 0.2) is 53.8 Å². The van der Waals surface area contributed by atoms with E-state index < -0.39 is 11.7 Å². The van der Waals surface area contributed by atoms with Crippen LogP contribution in [0.1, 0.15) is 66.2 Å². The van der Waals surface area contributed by atoms with Crippen LogP contribution in [0.4, 0.5) is 4.79 Å². The molecule has 5 heterocycles. The fourth-order valence-corrected chi connectivity index (χ4v) is 5.18. The van der Waals surface area contributed by atoms with Crippen molar-refractivity contribution in [1.82, 2.24) is 33.5 Å². The van der Waals surface area contributed by atoms with E-state index in [4.69, 9.17) is 14.6 Å². The second-order valence-corrected chi connectivity index (χ2v) is 11.4. The zero-order valence-corrected chi connectivity index (χ0v) is 23.4. The maximum Gasteiger partial charge on any atom is 0.419 e. The van der Waals surface area contributed by atoms with Crippen molar-refractivity contribution >= 4 is 22.6 Å². The summed E-state index contributed by atoms with van der Waals surface area (Å²) in [5.41, 5.74) is 1.99. The fraction of sp³-hybridized carbons (Fsp3) is 0.414. The van der Waals surface area contributed by atoms with E-state index in [-0.39, 0.29) is 23.5 Å². The average molecular weight is 544 g/mol. The van der Waals surface area contributed by atoms with Crippen LogP contribution in [0.5, 0.6) is 0 Å². The molecular formula is C29H33N7O4. The van der Waals surface area contributed by atoms with Crippen LogP contribution in [0.25, 0.3) is 39.2 Å². The maximum absolute atomic E-state index is 13.8. The Labute approximate surface area is 230 Å². The van der Waals surface area contributed by atoms with Crippen molar-refractivity contribution in [1.29, 1.82) is 0 Å². The van der Waals surface area contributed by atoms with Gasteiger partial charge in [-0.1, -0.05) is 18.2 Å². The summed E-state index contributed by atoms with van der Waals surface area (Å²) in [5.74, 6) is 0.424. The highest BCUT2D eigenvalue weighted by Crippen LogP contribution is 2.32. The first-order chi connectivity index (χ1) is 19.1. The lowest BCUT2D eigenvalue weighted by Gasteiger charge is -2.22. The molecule has 0 saturated carbocycles. The monoisotopic (exact) mass is 543 g/mol. The van der Waals surface area contributed by atoms with Gasteiger partial charge in [0.15, 0.2) is 5.82 Å². The van der Waals surface area contributed by atoms with Crippen molar-refractivity contribution in [2.45, 2.75) is 71.8 Å². The summed E-state index contributed by atoms with van der Waals surface area (Å²) >= 11 is 0. The molecule has 208 valence electrons. The molecule has 40 heavy (non-hydrogen) atoms. The van der Waals surface area contributed by atoms with E-state index in [1.165, 1.54) is 4.57 Å². The molecular weight excluding hydrogens is 510 g/mol. The predicted molar refractivity (Wildman–Crippen MR) is 150 cm³/mol. The molecule has 1 atom stereocenters. The molecule has 0 aliphatic carbocycles. The van der Waals surface area contributed by atoms with E-state index in [1.807, 2.05) is 69.8 Å². The van der Waals surface area contributed by atoms with Crippen LogP contribution >= 0.6 is 0 Å². The standard InChI is InChI=1S/C29H33N7O4/c1-18(2)35-25(21-17-33(28(38)40-29(3,4)5)22-11-7-6-10-20(21)22)32-36-23(15-30-26(36)27(35)37)19-14-31-34(16-19)24-12-8-9-13-39-24/h6-7,10-11,14-18,24H,8-9,12-13H2,1-5H3. The number of imidazole rings is 1. The summed E-state index contributed by atoms with van der Waals surface area (Å²) in [5, 5.41) is 10.3. The lowest BCUT2D eigenvalue weighted by atomic mass is 10.1. The number of nitrogens with zero attached hydrogens (tertiary/aromatic N) is 7. The molecule has 0 bridgehead atoms. The predicted octanol–water partition coefficient (Wildman–Crippen LogP) is 5.44. The van der Waals surface area contributed by atoms with Gasteiger partial charge in [-0.15, -0.1) is 5.10 Å². The van der Waals surface area contributed by atoms with E-state index in [9.17, 15) is 9.59 Å². The first kappa shape index (κ1) is 26.0. The molecule has 0 amide bonds. The van der Waals surface area contributed by atoms with Crippen molar-refractivity contribution in [3.05, 3.63) is 59.4 Å². The summed E-state index contributed by atoms with van der Waals surface area (Å²) in [7, 11) is 0. The van der Waals surface area contributed by atoms with Gasteiger partial charge in [0.25, 0.3) is 5.56 Å². The Hall–Kier alpha value is -4.25. The number of benzene rings is 1. The highest BCUT2D eigenvalue weighted by molar-refractivity contribution is 5.99. The van der Waals surface area contributed by atoms with Crippen LogP contribution in [-0.2, 0) is 9.47 Å². The normalized spacial score (nSPS) is 16.3. The average Bonchev–Trinajstić information content (AvgIpc) is 3.64. The molecule has 11 nitrogen and oxygen atoms in total. The number of para-hydroxylation sites is 1. The van der Waals surface area contributed by atoms with Crippen LogP contribution in [-0.4, -0.2) is 51.8 Å². The fourth-order valence-electron chi connectivity index (χ4n) is 5.18. The zero-order valence-electron chi connectivity index (χ0n) is 23.4. The minimum absolute atomic E-state index is 0.109. The Balaban J connectivity index is 1.53. The van der Waals surface area contributed by atoms with Gasteiger partial charge < -0.3 is 9.47 Å². The molecule has 6 rings (SSSR count). The van der Waals surface area contributed by atoms with Crippen molar-refractivity contribution in [2.24, 2.45) is 0 Å². The third-order valence-corrected chi connectivity index (χ3v) is 6.98. The van der Waals surface area contributed by atoms with Crippen molar-refractivity contribution in [2.75, 3.05) is 6.61 Å². The Morgan fingerprint density at radius 2 is 1.93 bits per heavy atom. The molecule has 1 saturated heterocycles. The quantitative estimate of drug-likeness (QED) is 0.297. The van der Waals surface area contributed by atoms with Gasteiger partial charge in [0.2, 0.25) is 5.65 Å². The lowest BCUT2D eigenvalue weighted by Crippen LogP contribution is -2.28. The second kappa shape index (κ2) is 9.74. The molecule has 1 aliphatic heterocycles. The molecule has 11 heteroatoms. The number of hydrogen-bond donors (Lipinski definition) is 0. The number of carbonyl (C=O) groups is 1. The van der Waals surface area contributed by atoms with E-state index >= 15 is 0 Å². The summed E-state index contributed by atoms with van der Waals surface area (Å²) in [6, 6.07) is 7.31. The van der Waals surface area contributed by atoms with Gasteiger partial charge in [-0.25, -0.2) is 19.0 Å². The number of aromatic nitrogens is 7. The molecule has 4 aromatic heterocycles. The van der Waals surface area contributed by atoms with E-state index in [0.29, 0.717) is 29.2 Å². The summed E-state index contributed by atoms with van der Waals surface area (Å²) in [4.78, 5) is 31.4. The van der Waals surface area contributed by atoms with Gasteiger partial charge in [0.1, 0.15) is 11.8 Å². The second-order valence-electron chi connectivity index (χ2n) is 11.4. The van der Waals surface area contributed by atoms with Crippen LogP contribution in [0, 0.1) is 0 Å². The molecule has 1 aromatic carbocycles. The maximum atomic E-state index is 13.8. The number of hydrogen-bond acceptors (Lipinski definition) is 7. The van der Waals surface area contributed by atoms with Gasteiger partial charge >= 0.3 is 6.09 Å². The van der Waals surface area contributed by atoms with E-state index in [0.717, 1.165) is 30.2 Å². The summed E-state index contributed by atoms with van der Waals surface area (Å²) in [6.07, 6.45) is 9.41.